The molecule has 2 N–H and O–H groups in total. The van der Waals surface area contributed by atoms with E-state index < -0.39 is 0 Å². The Morgan fingerprint density at radius 2 is 1.74 bits per heavy atom. The lowest BCUT2D eigenvalue weighted by Crippen LogP contribution is -2.17. The Bertz CT molecular complexity index is 612. The van der Waals surface area contributed by atoms with Gasteiger partial charge in [-0.15, -0.1) is 0 Å². The molecule has 0 saturated carbocycles. The first kappa shape index (κ1) is 13.0. The molecule has 2 aromatic rings. The predicted molar refractivity (Wildman–Crippen MR) is 77.6 cm³/mol. The van der Waals surface area contributed by atoms with Crippen LogP contribution in [0.15, 0.2) is 37.8 Å². The van der Waals surface area contributed by atoms with Gasteiger partial charge in [-0.1, -0.05) is 15.9 Å². The third kappa shape index (κ3) is 2.52. The Hall–Kier alpha value is -0.980. The van der Waals surface area contributed by atoms with Gasteiger partial charge in [-0.05, 0) is 45.8 Å². The highest BCUT2D eigenvalue weighted by atomic mass is 79.9. The summed E-state index contributed by atoms with van der Waals surface area (Å²) >= 11 is 6.78. The molecule has 1 aliphatic heterocycles. The van der Waals surface area contributed by atoms with Gasteiger partial charge in [0.1, 0.15) is 19.0 Å². The topological polar surface area (TPSA) is 57.6 Å². The van der Waals surface area contributed by atoms with Crippen LogP contribution in [0.5, 0.6) is 11.5 Å². The van der Waals surface area contributed by atoms with Crippen molar-refractivity contribution in [3.8, 4) is 11.5 Å². The summed E-state index contributed by atoms with van der Waals surface area (Å²) in [6.45, 7) is 1.12. The number of hydrogen-bond donors (Lipinski definition) is 1. The van der Waals surface area contributed by atoms with Gasteiger partial charge in [-0.2, -0.15) is 0 Å². The number of halogens is 2. The number of rotatable bonds is 2. The van der Waals surface area contributed by atoms with Crippen LogP contribution in [0.4, 0.5) is 0 Å². The second-order valence-corrected chi connectivity index (χ2v) is 5.77. The molecular weight excluding hydrogens is 378 g/mol. The summed E-state index contributed by atoms with van der Waals surface area (Å²) in [6.07, 6.45) is 0. The molecular formula is C13H11Br2NO3. The fraction of sp³-hybridized carbons (Fsp3) is 0.231. The summed E-state index contributed by atoms with van der Waals surface area (Å²) in [5, 5.41) is 0. The van der Waals surface area contributed by atoms with E-state index in [1.165, 1.54) is 0 Å². The average Bonchev–Trinajstić information content (AvgIpc) is 2.84. The molecule has 1 unspecified atom stereocenters. The highest BCUT2D eigenvalue weighted by molar-refractivity contribution is 9.10. The molecule has 3 rings (SSSR count). The lowest BCUT2D eigenvalue weighted by molar-refractivity contribution is 0.171. The Morgan fingerprint density at radius 1 is 1.05 bits per heavy atom. The molecule has 0 aliphatic carbocycles. The summed E-state index contributed by atoms with van der Waals surface area (Å²) in [5.74, 6) is 2.13. The molecule has 19 heavy (non-hydrogen) atoms. The largest absolute Gasteiger partial charge is 0.486 e. The molecule has 0 radical (unpaired) electrons. The lowest BCUT2D eigenvalue weighted by Gasteiger charge is -2.21. The van der Waals surface area contributed by atoms with Gasteiger partial charge in [0.05, 0.1) is 6.04 Å². The molecule has 1 aliphatic rings. The average molecular weight is 389 g/mol. The van der Waals surface area contributed by atoms with E-state index >= 15 is 0 Å². The minimum atomic E-state index is -0.364. The number of ether oxygens (including phenoxy) is 2. The Balaban J connectivity index is 2.00. The van der Waals surface area contributed by atoms with Gasteiger partial charge in [-0.25, -0.2) is 0 Å². The van der Waals surface area contributed by atoms with Crippen molar-refractivity contribution >= 4 is 31.9 Å². The van der Waals surface area contributed by atoms with Crippen LogP contribution in [-0.2, 0) is 0 Å². The molecule has 4 nitrogen and oxygen atoms in total. The van der Waals surface area contributed by atoms with E-state index in [1.54, 1.807) is 0 Å². The van der Waals surface area contributed by atoms with Gasteiger partial charge in [-0.3, -0.25) is 0 Å². The predicted octanol–water partition coefficient (Wildman–Crippen LogP) is 3.62. The maximum Gasteiger partial charge on any atom is 0.169 e. The van der Waals surface area contributed by atoms with Crippen molar-refractivity contribution in [2.24, 2.45) is 5.73 Å². The van der Waals surface area contributed by atoms with Crippen molar-refractivity contribution in [2.45, 2.75) is 6.04 Å². The van der Waals surface area contributed by atoms with Crippen molar-refractivity contribution in [1.82, 2.24) is 0 Å². The molecule has 0 bridgehead atoms. The van der Waals surface area contributed by atoms with Gasteiger partial charge in [0.15, 0.2) is 16.2 Å². The van der Waals surface area contributed by atoms with Gasteiger partial charge in [0, 0.05) is 4.47 Å². The van der Waals surface area contributed by atoms with Crippen molar-refractivity contribution in [3.05, 3.63) is 44.7 Å². The van der Waals surface area contributed by atoms with E-state index in [9.17, 15) is 0 Å². The molecule has 0 saturated heterocycles. The van der Waals surface area contributed by atoms with Gasteiger partial charge < -0.3 is 19.6 Å². The lowest BCUT2D eigenvalue weighted by atomic mass is 10.0. The van der Waals surface area contributed by atoms with Crippen LogP contribution in [0.1, 0.15) is 17.4 Å². The zero-order chi connectivity index (χ0) is 13.4. The first-order chi connectivity index (χ1) is 9.15. The Kier molecular flexibility index (Phi) is 3.56. The molecule has 2 heterocycles. The zero-order valence-electron chi connectivity index (χ0n) is 9.86. The van der Waals surface area contributed by atoms with Crippen molar-refractivity contribution in [1.29, 1.82) is 0 Å². The van der Waals surface area contributed by atoms with Gasteiger partial charge in [0.25, 0.3) is 0 Å². The van der Waals surface area contributed by atoms with E-state index in [2.05, 4.69) is 31.9 Å². The van der Waals surface area contributed by atoms with E-state index in [0.29, 0.717) is 29.4 Å². The second kappa shape index (κ2) is 5.19. The van der Waals surface area contributed by atoms with Crippen molar-refractivity contribution < 1.29 is 13.9 Å². The maximum absolute atomic E-state index is 6.22. The molecule has 1 aromatic carbocycles. The summed E-state index contributed by atoms with van der Waals surface area (Å²) in [4.78, 5) is 0. The second-order valence-electron chi connectivity index (χ2n) is 4.14. The van der Waals surface area contributed by atoms with Crippen LogP contribution in [0, 0.1) is 0 Å². The van der Waals surface area contributed by atoms with Gasteiger partial charge in [0.2, 0.25) is 0 Å². The molecule has 0 amide bonds. The third-order valence-corrected chi connectivity index (χ3v) is 4.01. The van der Waals surface area contributed by atoms with Crippen LogP contribution in [0.3, 0.4) is 0 Å². The molecule has 6 heteroatoms. The van der Waals surface area contributed by atoms with Crippen LogP contribution in [0.2, 0.25) is 0 Å². The van der Waals surface area contributed by atoms with E-state index in [4.69, 9.17) is 19.6 Å². The minimum absolute atomic E-state index is 0.364. The first-order valence-corrected chi connectivity index (χ1v) is 7.33. The number of benzene rings is 1. The summed E-state index contributed by atoms with van der Waals surface area (Å²) in [7, 11) is 0. The molecule has 0 fully saturated rings. The molecule has 1 aromatic heterocycles. The number of fused-ring (bicyclic) bond motifs is 1. The van der Waals surface area contributed by atoms with Crippen LogP contribution >= 0.6 is 31.9 Å². The molecule has 0 spiro atoms. The number of hydrogen-bond acceptors (Lipinski definition) is 4. The highest BCUT2D eigenvalue weighted by Gasteiger charge is 2.21. The third-order valence-electron chi connectivity index (χ3n) is 2.90. The highest BCUT2D eigenvalue weighted by Crippen LogP contribution is 2.39. The monoisotopic (exact) mass is 387 g/mol. The molecule has 1 atom stereocenters. The van der Waals surface area contributed by atoms with Crippen LogP contribution in [-0.4, -0.2) is 13.2 Å². The van der Waals surface area contributed by atoms with E-state index in [0.717, 1.165) is 15.8 Å². The standard InChI is InChI=1S/C13H11Br2NO3/c14-8-6-11-10(17-3-4-18-11)5-7(8)13(16)9-1-2-12(15)19-9/h1-2,5-6,13H,3-4,16H2. The van der Waals surface area contributed by atoms with E-state index in [1.807, 2.05) is 24.3 Å². The summed E-state index contributed by atoms with van der Waals surface area (Å²) in [5.41, 5.74) is 7.12. The molecule has 100 valence electrons. The number of furan rings is 1. The van der Waals surface area contributed by atoms with Crippen molar-refractivity contribution in [2.75, 3.05) is 13.2 Å². The fourth-order valence-corrected chi connectivity index (χ4v) is 2.85. The zero-order valence-corrected chi connectivity index (χ0v) is 13.0. The Labute approximate surface area is 127 Å². The fourth-order valence-electron chi connectivity index (χ4n) is 1.97. The van der Waals surface area contributed by atoms with Crippen LogP contribution < -0.4 is 15.2 Å². The smallest absolute Gasteiger partial charge is 0.169 e. The maximum atomic E-state index is 6.22. The minimum Gasteiger partial charge on any atom is -0.486 e. The summed E-state index contributed by atoms with van der Waals surface area (Å²) in [6, 6.07) is 7.07. The van der Waals surface area contributed by atoms with Crippen molar-refractivity contribution in [3.63, 3.8) is 0 Å². The Morgan fingerprint density at radius 3 is 2.37 bits per heavy atom. The summed E-state index contributed by atoms with van der Waals surface area (Å²) < 4.78 is 18.1. The number of nitrogens with two attached hydrogens (primary N) is 1. The quantitative estimate of drug-likeness (QED) is 0.853. The first-order valence-electron chi connectivity index (χ1n) is 5.75. The van der Waals surface area contributed by atoms with Gasteiger partial charge >= 0.3 is 0 Å². The van der Waals surface area contributed by atoms with Crippen LogP contribution in [0.25, 0.3) is 0 Å². The SMILES string of the molecule is NC(c1ccc(Br)o1)c1cc2c(cc1Br)OCCO2. The van der Waals surface area contributed by atoms with E-state index in [-0.39, 0.29) is 6.04 Å². The normalized spacial score (nSPS) is 15.3.